The molecule has 0 saturated heterocycles. The smallest absolute Gasteiger partial charge is 0.214 e. The third-order valence-corrected chi connectivity index (χ3v) is 2.78. The van der Waals surface area contributed by atoms with E-state index < -0.39 is 6.04 Å². The summed E-state index contributed by atoms with van der Waals surface area (Å²) < 4.78 is 5.49. The van der Waals surface area contributed by atoms with Crippen LogP contribution in [0.3, 0.4) is 0 Å². The summed E-state index contributed by atoms with van der Waals surface area (Å²) in [6, 6.07) is 5.38. The number of benzene rings is 1. The Labute approximate surface area is 100 Å². The zero-order valence-corrected chi connectivity index (χ0v) is 10.4. The van der Waals surface area contributed by atoms with Gasteiger partial charge in [-0.2, -0.15) is 0 Å². The molecule has 0 aliphatic rings. The van der Waals surface area contributed by atoms with Crippen LogP contribution in [0.5, 0.6) is 0 Å². The predicted octanol–water partition coefficient (Wildman–Crippen LogP) is 2.12. The number of fused-ring (bicyclic) bond motifs is 1. The van der Waals surface area contributed by atoms with Crippen molar-refractivity contribution in [2.45, 2.75) is 32.2 Å². The molecule has 0 fully saturated rings. The molecule has 0 aliphatic carbocycles. The lowest BCUT2D eigenvalue weighted by Crippen LogP contribution is -2.14. The fraction of sp³-hybridized carbons (Fsp3) is 0.462. The summed E-state index contributed by atoms with van der Waals surface area (Å²) in [5, 5.41) is 8.97. The van der Waals surface area contributed by atoms with E-state index in [1.807, 2.05) is 18.2 Å². The van der Waals surface area contributed by atoms with Gasteiger partial charge in [0, 0.05) is 0 Å². The van der Waals surface area contributed by atoms with Gasteiger partial charge in [-0.1, -0.05) is 26.8 Å². The maximum atomic E-state index is 8.97. The lowest BCUT2D eigenvalue weighted by atomic mass is 9.87. The van der Waals surface area contributed by atoms with Crippen molar-refractivity contribution in [2.75, 3.05) is 6.61 Å². The van der Waals surface area contributed by atoms with Crippen LogP contribution in [0, 0.1) is 0 Å². The molecule has 4 nitrogen and oxygen atoms in total. The summed E-state index contributed by atoms with van der Waals surface area (Å²) in [5.74, 6) is 0.383. The molecule has 17 heavy (non-hydrogen) atoms. The summed E-state index contributed by atoms with van der Waals surface area (Å²) in [7, 11) is 0. The van der Waals surface area contributed by atoms with Crippen LogP contribution in [0.15, 0.2) is 22.6 Å². The average molecular weight is 234 g/mol. The standard InChI is InChI=1S/C13H18N2O2/c1-13(2,3)8-4-5-11-10(6-8)15-12(17-11)9(14)7-16/h4-6,9,16H,7,14H2,1-3H3. The van der Waals surface area contributed by atoms with Crippen molar-refractivity contribution < 1.29 is 9.52 Å². The highest BCUT2D eigenvalue weighted by Crippen LogP contribution is 2.27. The quantitative estimate of drug-likeness (QED) is 0.834. The van der Waals surface area contributed by atoms with Gasteiger partial charge >= 0.3 is 0 Å². The Morgan fingerprint density at radius 2 is 2.12 bits per heavy atom. The molecule has 0 radical (unpaired) electrons. The van der Waals surface area contributed by atoms with E-state index in [-0.39, 0.29) is 12.0 Å². The minimum absolute atomic E-state index is 0.0758. The van der Waals surface area contributed by atoms with Crippen molar-refractivity contribution in [3.05, 3.63) is 29.7 Å². The summed E-state index contributed by atoms with van der Waals surface area (Å²) in [6.07, 6.45) is 0. The SMILES string of the molecule is CC(C)(C)c1ccc2oc(C(N)CO)nc2c1. The number of hydrogen-bond acceptors (Lipinski definition) is 4. The third kappa shape index (κ3) is 2.33. The summed E-state index contributed by atoms with van der Waals surface area (Å²) in [4.78, 5) is 4.31. The highest BCUT2D eigenvalue weighted by Gasteiger charge is 2.17. The van der Waals surface area contributed by atoms with E-state index in [0.29, 0.717) is 11.5 Å². The van der Waals surface area contributed by atoms with E-state index in [2.05, 4.69) is 25.8 Å². The maximum absolute atomic E-state index is 8.97. The molecule has 3 N–H and O–H groups in total. The van der Waals surface area contributed by atoms with Crippen LogP contribution in [-0.4, -0.2) is 16.7 Å². The number of aliphatic hydroxyl groups is 1. The molecule has 2 rings (SSSR count). The highest BCUT2D eigenvalue weighted by atomic mass is 16.4. The first-order valence-corrected chi connectivity index (χ1v) is 5.69. The lowest BCUT2D eigenvalue weighted by Gasteiger charge is -2.18. The number of hydrogen-bond donors (Lipinski definition) is 2. The molecule has 0 saturated carbocycles. The van der Waals surface area contributed by atoms with Gasteiger partial charge in [-0.05, 0) is 23.1 Å². The molecular weight excluding hydrogens is 216 g/mol. The Morgan fingerprint density at radius 3 is 2.71 bits per heavy atom. The number of aliphatic hydroxyl groups excluding tert-OH is 1. The van der Waals surface area contributed by atoms with Gasteiger partial charge in [0.05, 0.1) is 6.61 Å². The van der Waals surface area contributed by atoms with Crippen molar-refractivity contribution in [3.63, 3.8) is 0 Å². The second kappa shape index (κ2) is 4.13. The van der Waals surface area contributed by atoms with Gasteiger partial charge < -0.3 is 15.3 Å². The minimum Gasteiger partial charge on any atom is -0.439 e. The normalized spacial score (nSPS) is 14.2. The third-order valence-electron chi connectivity index (χ3n) is 2.78. The van der Waals surface area contributed by atoms with Crippen LogP contribution >= 0.6 is 0 Å². The van der Waals surface area contributed by atoms with Crippen LogP contribution in [0.2, 0.25) is 0 Å². The molecule has 0 bridgehead atoms. The molecule has 0 aliphatic heterocycles. The summed E-state index contributed by atoms with van der Waals surface area (Å²) in [6.45, 7) is 6.27. The number of nitrogens with zero attached hydrogens (tertiary/aromatic N) is 1. The van der Waals surface area contributed by atoms with Crippen molar-refractivity contribution in [1.29, 1.82) is 0 Å². The van der Waals surface area contributed by atoms with Crippen LogP contribution < -0.4 is 5.73 Å². The van der Waals surface area contributed by atoms with E-state index in [1.165, 1.54) is 5.56 Å². The van der Waals surface area contributed by atoms with Gasteiger partial charge in [0.1, 0.15) is 11.6 Å². The minimum atomic E-state index is -0.555. The second-order valence-corrected chi connectivity index (χ2v) is 5.27. The van der Waals surface area contributed by atoms with Gasteiger partial charge in [0.25, 0.3) is 0 Å². The highest BCUT2D eigenvalue weighted by molar-refractivity contribution is 5.73. The number of aromatic nitrogens is 1. The maximum Gasteiger partial charge on any atom is 0.214 e. The molecule has 1 aromatic heterocycles. The molecule has 0 spiro atoms. The van der Waals surface area contributed by atoms with Crippen LogP contribution in [0.1, 0.15) is 38.3 Å². The predicted molar refractivity (Wildman–Crippen MR) is 66.7 cm³/mol. The Bertz CT molecular complexity index is 526. The van der Waals surface area contributed by atoms with E-state index in [1.54, 1.807) is 0 Å². The van der Waals surface area contributed by atoms with Gasteiger partial charge in [-0.15, -0.1) is 0 Å². The molecule has 4 heteroatoms. The largest absolute Gasteiger partial charge is 0.439 e. The molecule has 2 aromatic rings. The summed E-state index contributed by atoms with van der Waals surface area (Å²) in [5.41, 5.74) is 8.44. The lowest BCUT2D eigenvalue weighted by molar-refractivity contribution is 0.250. The number of rotatable bonds is 2. The van der Waals surface area contributed by atoms with Crippen molar-refractivity contribution in [3.8, 4) is 0 Å². The van der Waals surface area contributed by atoms with Crippen molar-refractivity contribution in [1.82, 2.24) is 4.98 Å². The van der Waals surface area contributed by atoms with Gasteiger partial charge in [-0.3, -0.25) is 0 Å². The van der Waals surface area contributed by atoms with Crippen LogP contribution in [0.4, 0.5) is 0 Å². The Morgan fingerprint density at radius 1 is 1.41 bits per heavy atom. The Balaban J connectivity index is 2.48. The number of oxazole rings is 1. The molecule has 0 amide bonds. The fourth-order valence-electron chi connectivity index (χ4n) is 1.65. The fourth-order valence-corrected chi connectivity index (χ4v) is 1.65. The zero-order valence-electron chi connectivity index (χ0n) is 10.4. The topological polar surface area (TPSA) is 72.3 Å². The molecule has 1 atom stereocenters. The van der Waals surface area contributed by atoms with E-state index in [4.69, 9.17) is 15.3 Å². The first-order chi connectivity index (χ1) is 7.91. The Hall–Kier alpha value is -1.39. The molecule has 92 valence electrons. The second-order valence-electron chi connectivity index (χ2n) is 5.27. The molecule has 1 aromatic carbocycles. The monoisotopic (exact) mass is 234 g/mol. The van der Waals surface area contributed by atoms with Gasteiger partial charge in [-0.25, -0.2) is 4.98 Å². The van der Waals surface area contributed by atoms with Crippen molar-refractivity contribution >= 4 is 11.1 Å². The van der Waals surface area contributed by atoms with Crippen LogP contribution in [0.25, 0.3) is 11.1 Å². The van der Waals surface area contributed by atoms with E-state index >= 15 is 0 Å². The first-order valence-electron chi connectivity index (χ1n) is 5.69. The van der Waals surface area contributed by atoms with Gasteiger partial charge in [0.15, 0.2) is 5.58 Å². The summed E-state index contributed by atoms with van der Waals surface area (Å²) >= 11 is 0. The Kier molecular flexibility index (Phi) is 2.93. The zero-order chi connectivity index (χ0) is 12.6. The van der Waals surface area contributed by atoms with E-state index in [0.717, 1.165) is 5.52 Å². The molecular formula is C13H18N2O2. The van der Waals surface area contributed by atoms with Gasteiger partial charge in [0.2, 0.25) is 5.89 Å². The van der Waals surface area contributed by atoms with Crippen LogP contribution in [-0.2, 0) is 5.41 Å². The van der Waals surface area contributed by atoms with Crippen molar-refractivity contribution in [2.24, 2.45) is 5.73 Å². The molecule has 1 heterocycles. The van der Waals surface area contributed by atoms with E-state index in [9.17, 15) is 0 Å². The average Bonchev–Trinajstić information content (AvgIpc) is 2.69. The number of nitrogens with two attached hydrogens (primary N) is 1. The molecule has 1 unspecified atom stereocenters. The first kappa shape index (κ1) is 12.1.